The minimum atomic E-state index is 0.625. The molecule has 0 saturated carbocycles. The van der Waals surface area contributed by atoms with Gasteiger partial charge in [-0.15, -0.1) is 0 Å². The first-order valence-electron chi connectivity index (χ1n) is 8.46. The van der Waals surface area contributed by atoms with Gasteiger partial charge in [0.1, 0.15) is 0 Å². The van der Waals surface area contributed by atoms with Gasteiger partial charge in [0.25, 0.3) is 0 Å². The lowest BCUT2D eigenvalue weighted by atomic mass is 10.00. The number of hydrogen-bond donors (Lipinski definition) is 1. The molecule has 0 radical (unpaired) electrons. The minimum absolute atomic E-state index is 0.625. The molecule has 0 bridgehead atoms. The Bertz CT molecular complexity index is 835. The van der Waals surface area contributed by atoms with Crippen LogP contribution in [-0.2, 0) is 0 Å². The van der Waals surface area contributed by atoms with E-state index in [9.17, 15) is 0 Å². The number of nitrogens with one attached hydrogen (secondary N) is 1. The van der Waals surface area contributed by atoms with E-state index >= 15 is 0 Å². The summed E-state index contributed by atoms with van der Waals surface area (Å²) in [6.07, 6.45) is 1.28. The van der Waals surface area contributed by atoms with E-state index in [4.69, 9.17) is 0 Å². The van der Waals surface area contributed by atoms with Crippen molar-refractivity contribution in [1.82, 2.24) is 9.29 Å². The van der Waals surface area contributed by atoms with Gasteiger partial charge >= 0.3 is 0 Å². The Hall–Kier alpha value is -1.91. The first-order chi connectivity index (χ1) is 11.6. The van der Waals surface area contributed by atoms with Gasteiger partial charge in [-0.25, -0.2) is 0 Å². The Morgan fingerprint density at radius 3 is 2.62 bits per heavy atom. The number of rotatable bonds is 4. The highest BCUT2D eigenvalue weighted by atomic mass is 32.2. The van der Waals surface area contributed by atoms with E-state index in [2.05, 4.69) is 83.7 Å². The van der Waals surface area contributed by atoms with E-state index in [-0.39, 0.29) is 0 Å². The van der Waals surface area contributed by atoms with Gasteiger partial charge in [-0.05, 0) is 69.7 Å². The van der Waals surface area contributed by atoms with Crippen molar-refractivity contribution in [2.75, 3.05) is 25.5 Å². The SMILES string of the molecule is CC1CCN1c1ccc(SN(C)C)cc1-c1cc2ccccc2[nH]1. The zero-order valence-electron chi connectivity index (χ0n) is 14.4. The maximum absolute atomic E-state index is 3.60. The summed E-state index contributed by atoms with van der Waals surface area (Å²) in [5.74, 6) is 0. The Morgan fingerprint density at radius 1 is 1.12 bits per heavy atom. The van der Waals surface area contributed by atoms with Crippen molar-refractivity contribution in [1.29, 1.82) is 0 Å². The van der Waals surface area contributed by atoms with Crippen LogP contribution in [0, 0.1) is 0 Å². The van der Waals surface area contributed by atoms with Gasteiger partial charge in [0.15, 0.2) is 0 Å². The monoisotopic (exact) mass is 337 g/mol. The smallest absolute Gasteiger partial charge is 0.0486 e. The van der Waals surface area contributed by atoms with Crippen LogP contribution in [0.5, 0.6) is 0 Å². The molecule has 0 spiro atoms. The lowest BCUT2D eigenvalue weighted by Crippen LogP contribution is -2.45. The Morgan fingerprint density at radius 2 is 1.96 bits per heavy atom. The fourth-order valence-electron chi connectivity index (χ4n) is 3.34. The van der Waals surface area contributed by atoms with Crippen molar-refractivity contribution in [2.45, 2.75) is 24.3 Å². The van der Waals surface area contributed by atoms with Crippen LogP contribution >= 0.6 is 11.9 Å². The summed E-state index contributed by atoms with van der Waals surface area (Å²) in [6.45, 7) is 3.45. The van der Waals surface area contributed by atoms with Crippen LogP contribution in [0.1, 0.15) is 13.3 Å². The molecule has 0 aliphatic carbocycles. The number of aromatic amines is 1. The van der Waals surface area contributed by atoms with Gasteiger partial charge < -0.3 is 9.88 Å². The highest BCUT2D eigenvalue weighted by Gasteiger charge is 2.26. The molecule has 1 aliphatic rings. The van der Waals surface area contributed by atoms with Crippen molar-refractivity contribution in [3.63, 3.8) is 0 Å². The molecule has 4 heteroatoms. The topological polar surface area (TPSA) is 22.3 Å². The Labute approximate surface area is 147 Å². The molecule has 3 nitrogen and oxygen atoms in total. The van der Waals surface area contributed by atoms with Crippen LogP contribution < -0.4 is 4.90 Å². The number of anilines is 1. The van der Waals surface area contributed by atoms with Crippen LogP contribution in [0.2, 0.25) is 0 Å². The molecule has 3 aromatic rings. The minimum Gasteiger partial charge on any atom is -0.368 e. The molecule has 24 heavy (non-hydrogen) atoms. The predicted octanol–water partition coefficient (Wildman–Crippen LogP) is 5.00. The van der Waals surface area contributed by atoms with Crippen LogP contribution in [0.15, 0.2) is 53.4 Å². The molecule has 1 fully saturated rings. The Balaban J connectivity index is 1.83. The number of benzene rings is 2. The van der Waals surface area contributed by atoms with Crippen LogP contribution in [0.3, 0.4) is 0 Å². The molecule has 4 rings (SSSR count). The third-order valence-corrected chi connectivity index (χ3v) is 5.54. The number of H-pyrrole nitrogens is 1. The van der Waals surface area contributed by atoms with Gasteiger partial charge in [0.05, 0.1) is 0 Å². The molecule has 1 aliphatic heterocycles. The molecule has 1 saturated heterocycles. The lowest BCUT2D eigenvalue weighted by molar-refractivity contribution is 0.482. The molecule has 0 amide bonds. The van der Waals surface area contributed by atoms with Gasteiger partial charge in [0.2, 0.25) is 0 Å². The second kappa shape index (κ2) is 6.19. The molecule has 1 N–H and O–H groups in total. The molecular formula is C20H23N3S. The second-order valence-corrected chi connectivity index (χ2v) is 8.07. The second-order valence-electron chi connectivity index (χ2n) is 6.68. The number of hydrogen-bond acceptors (Lipinski definition) is 3. The molecule has 124 valence electrons. The first kappa shape index (κ1) is 15.6. The quantitative estimate of drug-likeness (QED) is 0.677. The average Bonchev–Trinajstić information content (AvgIpc) is 2.98. The first-order valence-corrected chi connectivity index (χ1v) is 9.23. The zero-order valence-corrected chi connectivity index (χ0v) is 15.2. The van der Waals surface area contributed by atoms with Crippen molar-refractivity contribution in [3.05, 3.63) is 48.5 Å². The van der Waals surface area contributed by atoms with E-state index in [1.807, 2.05) is 0 Å². The molecule has 1 unspecified atom stereocenters. The molecule has 2 aromatic carbocycles. The number of fused-ring (bicyclic) bond motifs is 1. The third kappa shape index (κ3) is 2.80. The third-order valence-electron chi connectivity index (χ3n) is 4.71. The van der Waals surface area contributed by atoms with E-state index in [0.717, 1.165) is 6.54 Å². The Kier molecular flexibility index (Phi) is 4.02. The van der Waals surface area contributed by atoms with E-state index in [1.165, 1.54) is 39.2 Å². The summed E-state index contributed by atoms with van der Waals surface area (Å²) >= 11 is 1.76. The lowest BCUT2D eigenvalue weighted by Gasteiger charge is -2.42. The summed E-state index contributed by atoms with van der Waals surface area (Å²) < 4.78 is 2.14. The molecule has 1 aromatic heterocycles. The number of nitrogens with zero attached hydrogens (tertiary/aromatic N) is 2. The number of para-hydroxylation sites is 1. The van der Waals surface area contributed by atoms with Crippen molar-refractivity contribution >= 4 is 28.5 Å². The van der Waals surface area contributed by atoms with Crippen LogP contribution in [0.25, 0.3) is 22.2 Å². The fourth-order valence-corrected chi connectivity index (χ4v) is 4.06. The number of aromatic nitrogens is 1. The van der Waals surface area contributed by atoms with Crippen LogP contribution in [0.4, 0.5) is 5.69 Å². The summed E-state index contributed by atoms with van der Waals surface area (Å²) in [5.41, 5.74) is 5.03. The molecular weight excluding hydrogens is 314 g/mol. The van der Waals surface area contributed by atoms with Gasteiger partial charge in [0, 0.05) is 45.3 Å². The summed E-state index contributed by atoms with van der Waals surface area (Å²) in [6, 6.07) is 18.2. The fraction of sp³-hybridized carbons (Fsp3) is 0.300. The normalized spacial score (nSPS) is 17.5. The van der Waals surface area contributed by atoms with Crippen molar-refractivity contribution < 1.29 is 0 Å². The summed E-state index contributed by atoms with van der Waals surface area (Å²) in [5, 5.41) is 1.26. The zero-order chi connectivity index (χ0) is 16.7. The maximum Gasteiger partial charge on any atom is 0.0486 e. The van der Waals surface area contributed by atoms with Gasteiger partial charge in [-0.1, -0.05) is 18.2 Å². The van der Waals surface area contributed by atoms with E-state index in [1.54, 1.807) is 11.9 Å². The highest BCUT2D eigenvalue weighted by Crippen LogP contribution is 2.39. The standard InChI is InChI=1S/C20H23N3S/c1-14-10-11-23(14)20-9-8-16(24-22(2)3)13-17(20)19-12-15-6-4-5-7-18(15)21-19/h4-9,12-14,21H,10-11H2,1-3H3. The largest absolute Gasteiger partial charge is 0.368 e. The van der Waals surface area contributed by atoms with E-state index in [0.29, 0.717) is 6.04 Å². The summed E-state index contributed by atoms with van der Waals surface area (Å²) in [7, 11) is 4.16. The predicted molar refractivity (Wildman–Crippen MR) is 105 cm³/mol. The molecule has 2 heterocycles. The maximum atomic E-state index is 3.60. The van der Waals surface area contributed by atoms with Crippen LogP contribution in [-0.4, -0.2) is 36.0 Å². The van der Waals surface area contributed by atoms with E-state index < -0.39 is 0 Å². The summed E-state index contributed by atoms with van der Waals surface area (Å²) in [4.78, 5) is 7.38. The van der Waals surface area contributed by atoms with Gasteiger partial charge in [-0.2, -0.15) is 0 Å². The van der Waals surface area contributed by atoms with Crippen molar-refractivity contribution in [2.24, 2.45) is 0 Å². The average molecular weight is 337 g/mol. The van der Waals surface area contributed by atoms with Gasteiger partial charge in [-0.3, -0.25) is 4.31 Å². The molecule has 1 atom stereocenters. The van der Waals surface area contributed by atoms with Crippen molar-refractivity contribution in [3.8, 4) is 11.3 Å². The highest BCUT2D eigenvalue weighted by molar-refractivity contribution is 7.97.